The molecule has 5 heteroatoms. The lowest BCUT2D eigenvalue weighted by Gasteiger charge is -2.14. The molecule has 0 radical (unpaired) electrons. The number of halogens is 1. The van der Waals surface area contributed by atoms with Gasteiger partial charge in [0, 0.05) is 22.7 Å². The van der Waals surface area contributed by atoms with Crippen LogP contribution in [0.1, 0.15) is 23.7 Å². The lowest BCUT2D eigenvalue weighted by Crippen LogP contribution is -2.19. The van der Waals surface area contributed by atoms with Crippen LogP contribution >= 0.6 is 23.4 Å². The Hall–Kier alpha value is -0.870. The van der Waals surface area contributed by atoms with Crippen molar-refractivity contribution in [3.8, 4) is 0 Å². The lowest BCUT2D eigenvalue weighted by molar-refractivity contribution is 0.100. The Kier molecular flexibility index (Phi) is 3.84. The van der Waals surface area contributed by atoms with Gasteiger partial charge in [0.25, 0.3) is 0 Å². The van der Waals surface area contributed by atoms with Crippen molar-refractivity contribution in [3.05, 3.63) is 28.8 Å². The molecule has 2 unspecified atom stereocenters. The van der Waals surface area contributed by atoms with E-state index < -0.39 is 5.91 Å². The van der Waals surface area contributed by atoms with Crippen molar-refractivity contribution in [2.24, 2.45) is 5.73 Å². The number of amides is 1. The number of primary amides is 1. The average Bonchev–Trinajstić information content (AvgIpc) is 2.66. The molecular formula is C12H15ClN2OS. The molecule has 0 spiro atoms. The highest BCUT2D eigenvalue weighted by Crippen LogP contribution is 2.29. The van der Waals surface area contributed by atoms with Crippen molar-refractivity contribution in [1.29, 1.82) is 0 Å². The van der Waals surface area contributed by atoms with E-state index in [1.54, 1.807) is 12.1 Å². The van der Waals surface area contributed by atoms with Gasteiger partial charge in [-0.15, -0.1) is 0 Å². The Labute approximate surface area is 110 Å². The Morgan fingerprint density at radius 3 is 2.94 bits per heavy atom. The van der Waals surface area contributed by atoms with E-state index in [4.69, 9.17) is 17.3 Å². The number of nitrogens with one attached hydrogen (secondary N) is 1. The third-order valence-corrected chi connectivity index (χ3v) is 4.49. The van der Waals surface area contributed by atoms with Crippen LogP contribution < -0.4 is 11.1 Å². The summed E-state index contributed by atoms with van der Waals surface area (Å²) in [6, 6.07) is 5.76. The number of carbonyl (C=O) groups excluding carboxylic acids is 1. The highest BCUT2D eigenvalue weighted by Gasteiger charge is 2.21. The Morgan fingerprint density at radius 1 is 1.59 bits per heavy atom. The first-order chi connectivity index (χ1) is 8.06. The summed E-state index contributed by atoms with van der Waals surface area (Å²) in [5, 5.41) is 4.50. The van der Waals surface area contributed by atoms with Gasteiger partial charge in [0.2, 0.25) is 5.91 Å². The highest BCUT2D eigenvalue weighted by molar-refractivity contribution is 8.00. The fraction of sp³-hybridized carbons (Fsp3) is 0.417. The van der Waals surface area contributed by atoms with Gasteiger partial charge in [-0.25, -0.2) is 0 Å². The summed E-state index contributed by atoms with van der Waals surface area (Å²) in [6.07, 6.45) is 1.14. The predicted octanol–water partition coefficient (Wildman–Crippen LogP) is 2.74. The molecule has 0 aromatic heterocycles. The zero-order chi connectivity index (χ0) is 12.4. The Balaban J connectivity index is 2.11. The first-order valence-corrected chi connectivity index (χ1v) is 6.96. The number of benzene rings is 1. The third-order valence-electron chi connectivity index (χ3n) is 2.80. The molecule has 1 aliphatic rings. The van der Waals surface area contributed by atoms with E-state index in [2.05, 4.69) is 12.2 Å². The molecule has 0 saturated carbocycles. The normalized spacial score (nSPS) is 23.6. The lowest BCUT2D eigenvalue weighted by atomic mass is 10.1. The molecule has 17 heavy (non-hydrogen) atoms. The van der Waals surface area contributed by atoms with E-state index in [1.165, 1.54) is 0 Å². The van der Waals surface area contributed by atoms with Gasteiger partial charge in [-0.05, 0) is 24.6 Å². The summed E-state index contributed by atoms with van der Waals surface area (Å²) in [6.45, 7) is 2.23. The smallest absolute Gasteiger partial charge is 0.250 e. The second-order valence-electron chi connectivity index (χ2n) is 4.28. The standard InChI is InChI=1S/C12H15ClN2OS/c1-7-4-9(6-17-7)15-8-2-3-11(13)10(5-8)12(14)16/h2-3,5,7,9,15H,4,6H2,1H3,(H2,14,16). The number of rotatable bonds is 3. The fourth-order valence-electron chi connectivity index (χ4n) is 1.96. The van der Waals surface area contributed by atoms with Gasteiger partial charge in [-0.3, -0.25) is 4.79 Å². The molecule has 1 fully saturated rings. The number of hydrogen-bond acceptors (Lipinski definition) is 3. The molecule has 92 valence electrons. The van der Waals surface area contributed by atoms with Crippen LogP contribution in [0.4, 0.5) is 5.69 Å². The van der Waals surface area contributed by atoms with Crippen LogP contribution in [-0.4, -0.2) is 23.0 Å². The molecular weight excluding hydrogens is 256 g/mol. The van der Waals surface area contributed by atoms with Gasteiger partial charge < -0.3 is 11.1 Å². The molecule has 3 nitrogen and oxygen atoms in total. The third kappa shape index (κ3) is 3.07. The van der Waals surface area contributed by atoms with Crippen LogP contribution in [0.2, 0.25) is 5.02 Å². The van der Waals surface area contributed by atoms with E-state index in [-0.39, 0.29) is 0 Å². The van der Waals surface area contributed by atoms with E-state index in [0.717, 1.165) is 17.9 Å². The highest BCUT2D eigenvalue weighted by atomic mass is 35.5. The molecule has 2 atom stereocenters. The summed E-state index contributed by atoms with van der Waals surface area (Å²) < 4.78 is 0. The van der Waals surface area contributed by atoms with E-state index in [1.807, 2.05) is 17.8 Å². The molecule has 3 N–H and O–H groups in total. The van der Waals surface area contributed by atoms with Crippen LogP contribution in [0, 0.1) is 0 Å². The molecule has 0 bridgehead atoms. The molecule has 1 aromatic rings. The zero-order valence-electron chi connectivity index (χ0n) is 9.57. The van der Waals surface area contributed by atoms with E-state index in [0.29, 0.717) is 21.9 Å². The summed E-state index contributed by atoms with van der Waals surface area (Å²) in [5.41, 5.74) is 6.53. The van der Waals surface area contributed by atoms with Crippen molar-refractivity contribution in [2.45, 2.75) is 24.6 Å². The minimum Gasteiger partial charge on any atom is -0.381 e. The SMILES string of the molecule is CC1CC(Nc2ccc(Cl)c(C(N)=O)c2)CS1. The number of hydrogen-bond donors (Lipinski definition) is 2. The Morgan fingerprint density at radius 2 is 2.35 bits per heavy atom. The monoisotopic (exact) mass is 270 g/mol. The molecule has 1 saturated heterocycles. The first kappa shape index (κ1) is 12.6. The van der Waals surface area contributed by atoms with Crippen molar-refractivity contribution in [3.63, 3.8) is 0 Å². The number of carbonyl (C=O) groups is 1. The maximum absolute atomic E-state index is 11.2. The molecule has 1 aromatic carbocycles. The van der Waals surface area contributed by atoms with Crippen LogP contribution in [-0.2, 0) is 0 Å². The van der Waals surface area contributed by atoms with Crippen LogP contribution in [0.25, 0.3) is 0 Å². The van der Waals surface area contributed by atoms with Gasteiger partial charge in [0.05, 0.1) is 10.6 Å². The summed E-state index contributed by atoms with van der Waals surface area (Å²) >= 11 is 7.86. The molecule has 1 amide bonds. The van der Waals surface area contributed by atoms with Crippen LogP contribution in [0.15, 0.2) is 18.2 Å². The quantitative estimate of drug-likeness (QED) is 0.888. The summed E-state index contributed by atoms with van der Waals surface area (Å²) in [4.78, 5) is 11.2. The van der Waals surface area contributed by atoms with Crippen molar-refractivity contribution in [2.75, 3.05) is 11.1 Å². The number of anilines is 1. The number of nitrogens with two attached hydrogens (primary N) is 1. The van der Waals surface area contributed by atoms with Crippen LogP contribution in [0.5, 0.6) is 0 Å². The fourth-order valence-corrected chi connectivity index (χ4v) is 3.32. The van der Waals surface area contributed by atoms with Crippen molar-refractivity contribution < 1.29 is 4.79 Å². The van der Waals surface area contributed by atoms with Crippen molar-refractivity contribution in [1.82, 2.24) is 0 Å². The zero-order valence-corrected chi connectivity index (χ0v) is 11.1. The van der Waals surface area contributed by atoms with E-state index in [9.17, 15) is 4.79 Å². The van der Waals surface area contributed by atoms with E-state index >= 15 is 0 Å². The summed E-state index contributed by atoms with van der Waals surface area (Å²) in [5.74, 6) is 0.600. The second-order valence-corrected chi connectivity index (χ2v) is 6.16. The first-order valence-electron chi connectivity index (χ1n) is 5.53. The summed E-state index contributed by atoms with van der Waals surface area (Å²) in [7, 11) is 0. The second kappa shape index (κ2) is 5.19. The maximum Gasteiger partial charge on any atom is 0.250 e. The van der Waals surface area contributed by atoms with Crippen LogP contribution in [0.3, 0.4) is 0 Å². The predicted molar refractivity (Wildman–Crippen MR) is 73.9 cm³/mol. The Bertz CT molecular complexity index is 439. The minimum absolute atomic E-state index is 0.371. The van der Waals surface area contributed by atoms with Gasteiger partial charge in [0.15, 0.2) is 0 Å². The maximum atomic E-state index is 11.2. The van der Waals surface area contributed by atoms with Crippen molar-refractivity contribution >= 4 is 35.0 Å². The minimum atomic E-state index is -0.493. The molecule has 1 heterocycles. The molecule has 0 aliphatic carbocycles. The number of thioether (sulfide) groups is 1. The van der Waals surface area contributed by atoms with Gasteiger partial charge in [-0.1, -0.05) is 18.5 Å². The average molecular weight is 271 g/mol. The topological polar surface area (TPSA) is 55.1 Å². The molecule has 1 aliphatic heterocycles. The largest absolute Gasteiger partial charge is 0.381 e. The van der Waals surface area contributed by atoms with Gasteiger partial charge in [0.1, 0.15) is 0 Å². The van der Waals surface area contributed by atoms with Gasteiger partial charge >= 0.3 is 0 Å². The molecule has 2 rings (SSSR count). The van der Waals surface area contributed by atoms with Gasteiger partial charge in [-0.2, -0.15) is 11.8 Å².